The fourth-order valence-corrected chi connectivity index (χ4v) is 2.63. The molecule has 0 amide bonds. The molecule has 0 fully saturated rings. The van der Waals surface area contributed by atoms with E-state index in [0.717, 1.165) is 11.1 Å². The van der Waals surface area contributed by atoms with Crippen molar-refractivity contribution in [2.45, 2.75) is 13.3 Å². The third-order valence-electron chi connectivity index (χ3n) is 3.66. The van der Waals surface area contributed by atoms with Crippen LogP contribution in [0.15, 0.2) is 55.0 Å². The summed E-state index contributed by atoms with van der Waals surface area (Å²) in [5.74, 6) is 0.191. The second-order valence-electron chi connectivity index (χ2n) is 5.35. The summed E-state index contributed by atoms with van der Waals surface area (Å²) in [6.45, 7) is 1.92. The van der Waals surface area contributed by atoms with Crippen LogP contribution < -0.4 is 4.74 Å². The number of aromatic nitrogens is 2. The van der Waals surface area contributed by atoms with E-state index in [-0.39, 0.29) is 0 Å². The number of hydrogen-bond acceptors (Lipinski definition) is 4. The van der Waals surface area contributed by atoms with Gasteiger partial charge < -0.3 is 9.84 Å². The lowest BCUT2D eigenvalue weighted by Crippen LogP contribution is -2.02. The number of ether oxygens (including phenoxy) is 1. The molecule has 2 heterocycles. The van der Waals surface area contributed by atoms with Crippen LogP contribution in [0.2, 0.25) is 5.02 Å². The summed E-state index contributed by atoms with van der Waals surface area (Å²) in [6.07, 6.45) is 5.37. The number of carbonyl (C=O) groups is 1. The quantitative estimate of drug-likeness (QED) is 0.709. The maximum Gasteiger partial charge on any atom is 0.335 e. The second kappa shape index (κ2) is 7.32. The van der Waals surface area contributed by atoms with Crippen molar-refractivity contribution in [2.24, 2.45) is 0 Å². The van der Waals surface area contributed by atoms with Gasteiger partial charge >= 0.3 is 5.97 Å². The molecule has 1 aromatic carbocycles. The number of nitrogens with zero attached hydrogens (tertiary/aromatic N) is 2. The number of aryl methyl sites for hydroxylation is 1. The van der Waals surface area contributed by atoms with Gasteiger partial charge in [0.05, 0.1) is 22.5 Å². The van der Waals surface area contributed by atoms with Crippen molar-refractivity contribution in [1.29, 1.82) is 0 Å². The molecule has 0 aliphatic carbocycles. The van der Waals surface area contributed by atoms with Gasteiger partial charge in [-0.2, -0.15) is 0 Å². The number of rotatable bonds is 5. The van der Waals surface area contributed by atoms with Crippen LogP contribution in [0.1, 0.15) is 22.8 Å². The van der Waals surface area contributed by atoms with Crippen LogP contribution in [0, 0.1) is 0 Å². The lowest BCUT2D eigenvalue weighted by atomic mass is 10.00. The smallest absolute Gasteiger partial charge is 0.335 e. The summed E-state index contributed by atoms with van der Waals surface area (Å²) in [7, 11) is 0. The van der Waals surface area contributed by atoms with Crippen LogP contribution in [0.4, 0.5) is 0 Å². The number of benzene rings is 1. The predicted octanol–water partition coefficient (Wildman–Crippen LogP) is 4.85. The molecular weight excluding hydrogens is 340 g/mol. The van der Waals surface area contributed by atoms with E-state index in [0.29, 0.717) is 34.2 Å². The van der Waals surface area contributed by atoms with Crippen molar-refractivity contribution in [3.05, 3.63) is 71.1 Å². The third kappa shape index (κ3) is 3.95. The summed E-state index contributed by atoms with van der Waals surface area (Å²) in [6, 6.07) is 10.4. The van der Waals surface area contributed by atoms with Gasteiger partial charge in [0.2, 0.25) is 0 Å². The van der Waals surface area contributed by atoms with E-state index < -0.39 is 5.97 Å². The van der Waals surface area contributed by atoms with Gasteiger partial charge in [0, 0.05) is 30.1 Å². The maximum absolute atomic E-state index is 11.3. The highest BCUT2D eigenvalue weighted by Gasteiger charge is 2.11. The van der Waals surface area contributed by atoms with Crippen molar-refractivity contribution in [2.75, 3.05) is 0 Å². The highest BCUT2D eigenvalue weighted by Crippen LogP contribution is 2.28. The number of carboxylic acid groups (broad SMARTS) is 1. The van der Waals surface area contributed by atoms with Gasteiger partial charge in [0.15, 0.2) is 0 Å². The summed E-state index contributed by atoms with van der Waals surface area (Å²) >= 11 is 5.91. The first-order valence-corrected chi connectivity index (χ1v) is 8.05. The molecule has 3 aromatic rings. The van der Waals surface area contributed by atoms with Gasteiger partial charge in [-0.3, -0.25) is 9.97 Å². The Morgan fingerprint density at radius 1 is 1.16 bits per heavy atom. The minimum atomic E-state index is -0.929. The molecule has 25 heavy (non-hydrogen) atoms. The molecule has 6 heteroatoms. The normalized spacial score (nSPS) is 10.5. The molecule has 0 unspecified atom stereocenters. The van der Waals surface area contributed by atoms with E-state index in [1.165, 1.54) is 6.20 Å². The zero-order valence-electron chi connectivity index (χ0n) is 13.4. The third-order valence-corrected chi connectivity index (χ3v) is 3.87. The molecule has 0 bridgehead atoms. The molecule has 0 atom stereocenters. The van der Waals surface area contributed by atoms with Gasteiger partial charge in [-0.15, -0.1) is 0 Å². The molecule has 5 nitrogen and oxygen atoms in total. The molecule has 2 aromatic heterocycles. The van der Waals surface area contributed by atoms with Gasteiger partial charge in [-0.1, -0.05) is 24.6 Å². The molecule has 0 aliphatic heterocycles. The zero-order chi connectivity index (χ0) is 17.8. The van der Waals surface area contributed by atoms with E-state index >= 15 is 0 Å². The first-order valence-electron chi connectivity index (χ1n) is 7.68. The average Bonchev–Trinajstić information content (AvgIpc) is 2.61. The van der Waals surface area contributed by atoms with Crippen molar-refractivity contribution in [3.63, 3.8) is 0 Å². The Hall–Kier alpha value is -2.92. The molecule has 0 radical (unpaired) electrons. The van der Waals surface area contributed by atoms with Crippen molar-refractivity contribution < 1.29 is 14.6 Å². The Balaban J connectivity index is 1.92. The second-order valence-corrected chi connectivity index (χ2v) is 5.78. The van der Waals surface area contributed by atoms with Gasteiger partial charge in [0.1, 0.15) is 11.5 Å². The number of hydrogen-bond donors (Lipinski definition) is 1. The fraction of sp³-hybridized carbons (Fsp3) is 0.105. The summed E-state index contributed by atoms with van der Waals surface area (Å²) in [4.78, 5) is 19.6. The van der Waals surface area contributed by atoms with E-state index in [2.05, 4.69) is 9.97 Å². The minimum Gasteiger partial charge on any atom is -0.478 e. The van der Waals surface area contributed by atoms with E-state index in [9.17, 15) is 9.90 Å². The summed E-state index contributed by atoms with van der Waals surface area (Å²) in [5, 5.41) is 9.73. The molecule has 126 valence electrons. The molecule has 0 saturated carbocycles. The highest BCUT2D eigenvalue weighted by molar-refractivity contribution is 6.30. The minimum absolute atomic E-state index is 0.309. The lowest BCUT2D eigenvalue weighted by Gasteiger charge is -2.09. The molecular formula is C19H15ClN2O3. The fourth-order valence-electron chi connectivity index (χ4n) is 2.47. The zero-order valence-corrected chi connectivity index (χ0v) is 14.2. The van der Waals surface area contributed by atoms with Crippen LogP contribution >= 0.6 is 11.6 Å². The Morgan fingerprint density at radius 3 is 2.72 bits per heavy atom. The van der Waals surface area contributed by atoms with Crippen LogP contribution in [0.5, 0.6) is 11.5 Å². The molecule has 0 aliphatic rings. The standard InChI is InChI=1S/C19H15ClN2O3/c1-2-12-7-13(3-4-17(12)19(23)24)18-9-15(5-6-22-18)25-16-8-14(20)10-21-11-16/h3-11H,2H2,1H3,(H,23,24). The van der Waals surface area contributed by atoms with Crippen LogP contribution in [-0.4, -0.2) is 21.0 Å². The molecule has 0 saturated heterocycles. The molecule has 0 spiro atoms. The van der Waals surface area contributed by atoms with Crippen molar-refractivity contribution in [3.8, 4) is 22.8 Å². The Bertz CT molecular complexity index is 928. The number of aromatic carboxylic acids is 1. The predicted molar refractivity (Wildman–Crippen MR) is 95.3 cm³/mol. The van der Waals surface area contributed by atoms with Gasteiger partial charge in [0.25, 0.3) is 0 Å². The van der Waals surface area contributed by atoms with Crippen LogP contribution in [0.3, 0.4) is 0 Å². The highest BCUT2D eigenvalue weighted by atomic mass is 35.5. The largest absolute Gasteiger partial charge is 0.478 e. The summed E-state index contributed by atoms with van der Waals surface area (Å²) in [5.41, 5.74) is 2.59. The molecule has 1 N–H and O–H groups in total. The first-order chi connectivity index (χ1) is 12.1. The first kappa shape index (κ1) is 16.9. The Labute approximate surface area is 149 Å². The monoisotopic (exact) mass is 354 g/mol. The van der Waals surface area contributed by atoms with E-state index in [1.54, 1.807) is 42.7 Å². The van der Waals surface area contributed by atoms with Crippen molar-refractivity contribution >= 4 is 17.6 Å². The Kier molecular flexibility index (Phi) is 4.95. The maximum atomic E-state index is 11.3. The van der Waals surface area contributed by atoms with E-state index in [1.807, 2.05) is 13.0 Å². The van der Waals surface area contributed by atoms with E-state index in [4.69, 9.17) is 16.3 Å². The number of pyridine rings is 2. The molecule has 3 rings (SSSR count). The van der Waals surface area contributed by atoms with Crippen LogP contribution in [0.25, 0.3) is 11.3 Å². The Morgan fingerprint density at radius 2 is 2.00 bits per heavy atom. The lowest BCUT2D eigenvalue weighted by molar-refractivity contribution is 0.0696. The van der Waals surface area contributed by atoms with Crippen LogP contribution in [-0.2, 0) is 6.42 Å². The SMILES string of the molecule is CCc1cc(-c2cc(Oc3cncc(Cl)c3)ccn2)ccc1C(=O)O. The summed E-state index contributed by atoms with van der Waals surface area (Å²) < 4.78 is 5.76. The van der Waals surface area contributed by atoms with Gasteiger partial charge in [-0.05, 0) is 30.2 Å². The average molecular weight is 355 g/mol. The van der Waals surface area contributed by atoms with Crippen molar-refractivity contribution in [1.82, 2.24) is 9.97 Å². The number of halogens is 1. The van der Waals surface area contributed by atoms with Gasteiger partial charge in [-0.25, -0.2) is 4.79 Å². The number of carboxylic acids is 1. The topological polar surface area (TPSA) is 72.3 Å².